The number of aromatic amines is 2. The molecule has 5 rings (SSSR count). The van der Waals surface area contributed by atoms with Gasteiger partial charge < -0.3 is 4.74 Å². The first-order valence-electron chi connectivity index (χ1n) is 10.2. The van der Waals surface area contributed by atoms with Crippen LogP contribution in [-0.4, -0.2) is 48.9 Å². The van der Waals surface area contributed by atoms with E-state index in [0.717, 1.165) is 21.5 Å². The van der Waals surface area contributed by atoms with Gasteiger partial charge in [0.05, 0.1) is 18.9 Å². The van der Waals surface area contributed by atoms with Crippen LogP contribution < -0.4 is 15.9 Å². The standard InChI is InChI=1S/C22H19N7O4/c1-33-15-9-7-14(8-10-15)17-11-16(13-5-3-2-4-6-13)26-29(17)18(30)12-28-20-19(23-27-28)21(31)24-25-22(20)32/h2-10,17H,11-12H2,1H3,(H,24,31)(H,25,32). The van der Waals surface area contributed by atoms with E-state index in [4.69, 9.17) is 4.74 Å². The van der Waals surface area contributed by atoms with Crippen LogP contribution in [0, 0.1) is 0 Å². The summed E-state index contributed by atoms with van der Waals surface area (Å²) in [6, 6.07) is 16.7. The van der Waals surface area contributed by atoms with E-state index in [-0.39, 0.29) is 23.6 Å². The van der Waals surface area contributed by atoms with E-state index in [1.54, 1.807) is 7.11 Å². The van der Waals surface area contributed by atoms with Crippen molar-refractivity contribution < 1.29 is 9.53 Å². The predicted molar refractivity (Wildman–Crippen MR) is 119 cm³/mol. The van der Waals surface area contributed by atoms with Crippen molar-refractivity contribution in [3.05, 3.63) is 86.4 Å². The lowest BCUT2D eigenvalue weighted by Gasteiger charge is -2.22. The van der Waals surface area contributed by atoms with Crippen molar-refractivity contribution in [2.24, 2.45) is 5.10 Å². The Hall–Kier alpha value is -4.54. The molecular formula is C22H19N7O4. The summed E-state index contributed by atoms with van der Waals surface area (Å²) >= 11 is 0. The highest BCUT2D eigenvalue weighted by molar-refractivity contribution is 6.03. The molecular weight excluding hydrogens is 426 g/mol. The fraction of sp³-hybridized carbons (Fsp3) is 0.182. The highest BCUT2D eigenvalue weighted by Crippen LogP contribution is 2.33. The summed E-state index contributed by atoms with van der Waals surface area (Å²) in [5.74, 6) is 0.311. The maximum atomic E-state index is 13.3. The number of carbonyl (C=O) groups is 1. The zero-order chi connectivity index (χ0) is 22.9. The lowest BCUT2D eigenvalue weighted by molar-refractivity contribution is -0.133. The third kappa shape index (κ3) is 3.69. The smallest absolute Gasteiger partial charge is 0.292 e. The number of hydrogen-bond acceptors (Lipinski definition) is 7. The molecule has 11 nitrogen and oxygen atoms in total. The maximum absolute atomic E-state index is 13.3. The number of methoxy groups -OCH3 is 1. The van der Waals surface area contributed by atoms with Crippen LogP contribution >= 0.6 is 0 Å². The van der Waals surface area contributed by atoms with Gasteiger partial charge in [0.25, 0.3) is 17.0 Å². The van der Waals surface area contributed by atoms with Crippen LogP contribution in [0.2, 0.25) is 0 Å². The number of carbonyl (C=O) groups excluding carboxylic acids is 1. The van der Waals surface area contributed by atoms with Gasteiger partial charge >= 0.3 is 0 Å². The number of nitrogens with zero attached hydrogens (tertiary/aromatic N) is 5. The monoisotopic (exact) mass is 445 g/mol. The molecule has 2 aromatic heterocycles. The Morgan fingerprint density at radius 3 is 2.52 bits per heavy atom. The van der Waals surface area contributed by atoms with Crippen LogP contribution in [0.5, 0.6) is 5.75 Å². The Kier molecular flexibility index (Phi) is 5.05. The average Bonchev–Trinajstić information content (AvgIpc) is 3.48. The molecule has 11 heteroatoms. The molecule has 0 radical (unpaired) electrons. The van der Waals surface area contributed by atoms with Crippen LogP contribution in [0.4, 0.5) is 0 Å². The fourth-order valence-corrected chi connectivity index (χ4v) is 3.86. The van der Waals surface area contributed by atoms with Gasteiger partial charge in [-0.1, -0.05) is 47.7 Å². The minimum Gasteiger partial charge on any atom is -0.497 e. The Balaban J connectivity index is 1.51. The number of hydrazone groups is 1. The molecule has 2 N–H and O–H groups in total. The minimum absolute atomic E-state index is 0.0699. The second-order valence-corrected chi connectivity index (χ2v) is 7.50. The second kappa shape index (κ2) is 8.19. The van der Waals surface area contributed by atoms with Gasteiger partial charge in [0.2, 0.25) is 0 Å². The van der Waals surface area contributed by atoms with E-state index < -0.39 is 17.0 Å². The summed E-state index contributed by atoms with van der Waals surface area (Å²) in [6.45, 7) is -0.304. The van der Waals surface area contributed by atoms with E-state index in [1.165, 1.54) is 5.01 Å². The number of benzene rings is 2. The molecule has 0 saturated heterocycles. The summed E-state index contributed by atoms with van der Waals surface area (Å²) in [6.07, 6.45) is 0.514. The van der Waals surface area contributed by atoms with Gasteiger partial charge in [0.1, 0.15) is 12.3 Å². The predicted octanol–water partition coefficient (Wildman–Crippen LogP) is 1.19. The third-order valence-corrected chi connectivity index (χ3v) is 5.51. The molecule has 0 aliphatic carbocycles. The van der Waals surface area contributed by atoms with Gasteiger partial charge in [0.15, 0.2) is 11.0 Å². The summed E-state index contributed by atoms with van der Waals surface area (Å²) in [7, 11) is 1.59. The summed E-state index contributed by atoms with van der Waals surface area (Å²) in [4.78, 5) is 37.5. The summed E-state index contributed by atoms with van der Waals surface area (Å²) in [5, 5.41) is 18.0. The summed E-state index contributed by atoms with van der Waals surface area (Å²) in [5.41, 5.74) is 1.18. The molecule has 0 bridgehead atoms. The zero-order valence-corrected chi connectivity index (χ0v) is 17.6. The van der Waals surface area contributed by atoms with E-state index >= 15 is 0 Å². The molecule has 1 aliphatic heterocycles. The molecule has 1 aliphatic rings. The van der Waals surface area contributed by atoms with Gasteiger partial charge in [-0.15, -0.1) is 5.10 Å². The molecule has 0 saturated carbocycles. The van der Waals surface area contributed by atoms with Crippen molar-refractivity contribution >= 4 is 22.7 Å². The topological polar surface area (TPSA) is 138 Å². The number of aromatic nitrogens is 5. The first kappa shape index (κ1) is 20.4. The van der Waals surface area contributed by atoms with Gasteiger partial charge in [-0.3, -0.25) is 24.6 Å². The maximum Gasteiger partial charge on any atom is 0.292 e. The van der Waals surface area contributed by atoms with Gasteiger partial charge in [0, 0.05) is 6.42 Å². The van der Waals surface area contributed by atoms with E-state index in [1.807, 2.05) is 54.6 Å². The molecule has 2 aromatic carbocycles. The molecule has 3 heterocycles. The first-order valence-corrected chi connectivity index (χ1v) is 10.2. The Bertz CT molecular complexity index is 1470. The highest BCUT2D eigenvalue weighted by Gasteiger charge is 2.33. The second-order valence-electron chi connectivity index (χ2n) is 7.50. The van der Waals surface area contributed by atoms with Crippen molar-refractivity contribution in [3.8, 4) is 5.75 Å². The Morgan fingerprint density at radius 2 is 1.79 bits per heavy atom. The first-order chi connectivity index (χ1) is 16.0. The normalized spacial score (nSPS) is 15.6. The number of H-pyrrole nitrogens is 2. The molecule has 4 aromatic rings. The third-order valence-electron chi connectivity index (χ3n) is 5.51. The lowest BCUT2D eigenvalue weighted by atomic mass is 9.98. The van der Waals surface area contributed by atoms with Crippen molar-refractivity contribution in [2.45, 2.75) is 19.0 Å². The Labute approximate surface area is 186 Å². The van der Waals surface area contributed by atoms with Crippen LogP contribution in [-0.2, 0) is 11.3 Å². The van der Waals surface area contributed by atoms with Crippen molar-refractivity contribution in [3.63, 3.8) is 0 Å². The van der Waals surface area contributed by atoms with Gasteiger partial charge in [-0.25, -0.2) is 9.69 Å². The molecule has 166 valence electrons. The molecule has 1 unspecified atom stereocenters. The van der Waals surface area contributed by atoms with Crippen molar-refractivity contribution in [2.75, 3.05) is 7.11 Å². The molecule has 33 heavy (non-hydrogen) atoms. The number of fused-ring (bicyclic) bond motifs is 1. The van der Waals surface area contributed by atoms with Crippen molar-refractivity contribution in [1.29, 1.82) is 0 Å². The quantitative estimate of drug-likeness (QED) is 0.473. The number of amides is 1. The van der Waals surface area contributed by atoms with Crippen LogP contribution in [0.1, 0.15) is 23.6 Å². The lowest BCUT2D eigenvalue weighted by Crippen LogP contribution is -2.31. The van der Waals surface area contributed by atoms with Gasteiger partial charge in [-0.2, -0.15) is 5.10 Å². The molecule has 0 spiro atoms. The number of rotatable bonds is 5. The minimum atomic E-state index is -0.594. The Morgan fingerprint density at radius 1 is 1.06 bits per heavy atom. The summed E-state index contributed by atoms with van der Waals surface area (Å²) < 4.78 is 6.36. The molecule has 0 fully saturated rings. The van der Waals surface area contributed by atoms with Gasteiger partial charge in [-0.05, 0) is 23.3 Å². The highest BCUT2D eigenvalue weighted by atomic mass is 16.5. The number of hydrogen-bond donors (Lipinski definition) is 2. The number of ether oxygens (including phenoxy) is 1. The van der Waals surface area contributed by atoms with E-state index in [2.05, 4.69) is 25.6 Å². The molecule has 1 atom stereocenters. The van der Waals surface area contributed by atoms with Crippen LogP contribution in [0.15, 0.2) is 69.3 Å². The average molecular weight is 445 g/mol. The van der Waals surface area contributed by atoms with Crippen LogP contribution in [0.25, 0.3) is 11.0 Å². The SMILES string of the molecule is COc1ccc(C2CC(c3ccccc3)=NN2C(=O)Cn2nnc3c(=O)[nH][nH]c(=O)c32)cc1. The largest absolute Gasteiger partial charge is 0.497 e. The van der Waals surface area contributed by atoms with Crippen molar-refractivity contribution in [1.82, 2.24) is 30.2 Å². The number of nitrogens with one attached hydrogen (secondary N) is 2. The van der Waals surface area contributed by atoms with E-state index in [9.17, 15) is 14.4 Å². The fourth-order valence-electron chi connectivity index (χ4n) is 3.86. The van der Waals surface area contributed by atoms with E-state index in [0.29, 0.717) is 12.2 Å². The van der Waals surface area contributed by atoms with Crippen LogP contribution in [0.3, 0.4) is 0 Å². The molecule has 1 amide bonds. The zero-order valence-electron chi connectivity index (χ0n) is 17.6.